The molecule has 6 rings (SSSR count). The first-order chi connectivity index (χ1) is 21.8. The zero-order valence-corrected chi connectivity index (χ0v) is 29.1. The van der Waals surface area contributed by atoms with Gasteiger partial charge in [0.05, 0.1) is 21.4 Å². The van der Waals surface area contributed by atoms with Gasteiger partial charge < -0.3 is 14.4 Å². The maximum absolute atomic E-state index is 13.4. The van der Waals surface area contributed by atoms with Crippen LogP contribution in [0, 0.1) is 0 Å². The molecule has 3 aliphatic rings. The minimum Gasteiger partial charge on any atom is -0.368 e. The fourth-order valence-electron chi connectivity index (χ4n) is 7.44. The lowest BCUT2D eigenvalue weighted by Gasteiger charge is -2.40. The van der Waals surface area contributed by atoms with Gasteiger partial charge in [0, 0.05) is 98.9 Å². The Bertz CT molecular complexity index is 1490. The van der Waals surface area contributed by atoms with E-state index in [1.54, 1.807) is 0 Å². The van der Waals surface area contributed by atoms with Gasteiger partial charge in [-0.1, -0.05) is 59.7 Å². The summed E-state index contributed by atoms with van der Waals surface area (Å²) in [6, 6.07) is 11.8. The average molecular weight is 692 g/mol. The first kappa shape index (κ1) is 33.0. The molecule has 3 heterocycles. The predicted molar refractivity (Wildman–Crippen MR) is 189 cm³/mol. The van der Waals surface area contributed by atoms with Gasteiger partial charge in [0.2, 0.25) is 0 Å². The van der Waals surface area contributed by atoms with Crippen molar-refractivity contribution in [2.45, 2.75) is 58.0 Å². The fraction of sp³-hybridized carbons (Fsp3) is 0.514. The molecule has 0 spiro atoms. The summed E-state index contributed by atoms with van der Waals surface area (Å²) >= 11 is 25.3. The SMILES string of the molecule is CCCC(c1cn(CCCN2CCN(c3ccc(Cl)cc3Cl)CC2)c2c1C(=O)CCC2)N1CCN(c2ccc(Cl)cc2Cl)CC1. The van der Waals surface area contributed by atoms with Crippen LogP contribution in [0.25, 0.3) is 0 Å². The van der Waals surface area contributed by atoms with Crippen LogP contribution in [-0.4, -0.2) is 79.1 Å². The summed E-state index contributed by atoms with van der Waals surface area (Å²) in [6.07, 6.45) is 8.13. The number of aryl methyl sites for hydroxylation is 1. The number of nitrogens with zero attached hydrogens (tertiary/aromatic N) is 5. The highest BCUT2D eigenvalue weighted by atomic mass is 35.5. The molecule has 1 aliphatic carbocycles. The molecular formula is C35H43Cl4N5O. The van der Waals surface area contributed by atoms with Gasteiger partial charge in [-0.2, -0.15) is 0 Å². The van der Waals surface area contributed by atoms with Gasteiger partial charge in [0.15, 0.2) is 5.78 Å². The van der Waals surface area contributed by atoms with E-state index in [1.165, 1.54) is 11.3 Å². The van der Waals surface area contributed by atoms with E-state index in [4.69, 9.17) is 46.4 Å². The second kappa shape index (κ2) is 14.9. The molecular weight excluding hydrogens is 648 g/mol. The second-order valence-electron chi connectivity index (χ2n) is 12.6. The van der Waals surface area contributed by atoms with Gasteiger partial charge in [0.1, 0.15) is 0 Å². The van der Waals surface area contributed by atoms with Crippen LogP contribution in [0.4, 0.5) is 11.4 Å². The van der Waals surface area contributed by atoms with Crippen molar-refractivity contribution >= 4 is 63.6 Å². The molecule has 3 aromatic rings. The van der Waals surface area contributed by atoms with E-state index in [-0.39, 0.29) is 6.04 Å². The molecule has 2 saturated heterocycles. The largest absolute Gasteiger partial charge is 0.368 e. The summed E-state index contributed by atoms with van der Waals surface area (Å²) in [6.45, 7) is 11.8. The Balaban J connectivity index is 1.10. The molecule has 45 heavy (non-hydrogen) atoms. The first-order valence-corrected chi connectivity index (χ1v) is 17.9. The Morgan fingerprint density at radius 3 is 1.93 bits per heavy atom. The van der Waals surface area contributed by atoms with E-state index in [0.29, 0.717) is 32.3 Å². The molecule has 2 aliphatic heterocycles. The summed E-state index contributed by atoms with van der Waals surface area (Å²) in [4.78, 5) is 23.3. The monoisotopic (exact) mass is 689 g/mol. The normalized spacial score (nSPS) is 18.8. The smallest absolute Gasteiger partial charge is 0.165 e. The number of carbonyl (C=O) groups is 1. The molecule has 0 radical (unpaired) electrons. The summed E-state index contributed by atoms with van der Waals surface area (Å²) in [5.41, 5.74) is 5.64. The summed E-state index contributed by atoms with van der Waals surface area (Å²) in [5, 5.41) is 2.74. The van der Waals surface area contributed by atoms with Crippen LogP contribution in [0.2, 0.25) is 20.1 Å². The van der Waals surface area contributed by atoms with E-state index in [9.17, 15) is 4.79 Å². The number of benzene rings is 2. The van der Waals surface area contributed by atoms with Gasteiger partial charge in [-0.15, -0.1) is 0 Å². The molecule has 1 unspecified atom stereocenters. The van der Waals surface area contributed by atoms with Gasteiger partial charge in [-0.05, 0) is 74.2 Å². The quantitative estimate of drug-likeness (QED) is 0.213. The van der Waals surface area contributed by atoms with Crippen LogP contribution < -0.4 is 9.80 Å². The number of piperazine rings is 2. The van der Waals surface area contributed by atoms with Crippen molar-refractivity contribution in [2.24, 2.45) is 0 Å². The lowest BCUT2D eigenvalue weighted by Crippen LogP contribution is -2.48. The number of aromatic nitrogens is 1. The number of Topliss-reactive ketones (excluding diaryl/α,β-unsaturated/α-hetero) is 1. The number of hydrogen-bond acceptors (Lipinski definition) is 5. The number of ketones is 1. The number of halogens is 4. The third kappa shape index (κ3) is 7.47. The zero-order chi connectivity index (χ0) is 31.5. The summed E-state index contributed by atoms with van der Waals surface area (Å²) in [5.74, 6) is 0.328. The molecule has 1 atom stereocenters. The van der Waals surface area contributed by atoms with Crippen LogP contribution in [0.3, 0.4) is 0 Å². The number of fused-ring (bicyclic) bond motifs is 1. The van der Waals surface area contributed by atoms with Crippen molar-refractivity contribution in [3.63, 3.8) is 0 Å². The maximum Gasteiger partial charge on any atom is 0.165 e. The molecule has 242 valence electrons. The van der Waals surface area contributed by atoms with E-state index < -0.39 is 0 Å². The van der Waals surface area contributed by atoms with Gasteiger partial charge in [-0.3, -0.25) is 14.6 Å². The highest BCUT2D eigenvalue weighted by molar-refractivity contribution is 6.37. The molecule has 10 heteroatoms. The lowest BCUT2D eigenvalue weighted by molar-refractivity contribution is 0.0966. The van der Waals surface area contributed by atoms with E-state index >= 15 is 0 Å². The highest BCUT2D eigenvalue weighted by Gasteiger charge is 2.33. The fourth-order valence-corrected chi connectivity index (χ4v) is 8.50. The van der Waals surface area contributed by atoms with Gasteiger partial charge in [0.25, 0.3) is 0 Å². The van der Waals surface area contributed by atoms with E-state index in [1.807, 2.05) is 36.4 Å². The second-order valence-corrected chi connectivity index (χ2v) is 14.3. The molecule has 1 aromatic heterocycles. The minimum atomic E-state index is 0.252. The Hall–Kier alpha value is -1.93. The van der Waals surface area contributed by atoms with Crippen molar-refractivity contribution in [3.8, 4) is 0 Å². The van der Waals surface area contributed by atoms with Crippen LogP contribution in [-0.2, 0) is 13.0 Å². The Morgan fingerprint density at radius 1 is 0.756 bits per heavy atom. The molecule has 0 amide bonds. The number of carbonyl (C=O) groups excluding carboxylic acids is 1. The van der Waals surface area contributed by atoms with Gasteiger partial charge >= 0.3 is 0 Å². The van der Waals surface area contributed by atoms with Crippen molar-refractivity contribution in [1.29, 1.82) is 0 Å². The average Bonchev–Trinajstić information content (AvgIpc) is 3.40. The van der Waals surface area contributed by atoms with Gasteiger partial charge in [-0.25, -0.2) is 0 Å². The van der Waals surface area contributed by atoms with Crippen molar-refractivity contribution < 1.29 is 4.79 Å². The van der Waals surface area contributed by atoms with Crippen LogP contribution in [0.5, 0.6) is 0 Å². The first-order valence-electron chi connectivity index (χ1n) is 16.4. The third-order valence-electron chi connectivity index (χ3n) is 9.74. The Labute approximate surface area is 287 Å². The highest BCUT2D eigenvalue weighted by Crippen LogP contribution is 2.37. The van der Waals surface area contributed by atoms with Crippen molar-refractivity contribution in [3.05, 3.63) is 79.5 Å². The lowest BCUT2D eigenvalue weighted by atomic mass is 9.89. The van der Waals surface area contributed by atoms with Crippen molar-refractivity contribution in [1.82, 2.24) is 14.4 Å². The topological polar surface area (TPSA) is 35.0 Å². The maximum atomic E-state index is 13.4. The standard InChI is InChI=1S/C35H43Cl4N5O/c1-2-5-30(41-18-20-43(21-19-41)32-11-9-26(37)23-29(32)39)27-24-44(33-6-3-7-34(45)35(27)33)13-4-12-40-14-16-42(17-15-40)31-10-8-25(36)22-28(31)38/h8-11,22-24,30H,2-7,12-21H2,1H3. The summed E-state index contributed by atoms with van der Waals surface area (Å²) in [7, 11) is 0. The molecule has 2 fully saturated rings. The third-order valence-corrected chi connectivity index (χ3v) is 10.8. The molecule has 6 nitrogen and oxygen atoms in total. The van der Waals surface area contributed by atoms with Crippen LogP contribution in [0.1, 0.15) is 66.7 Å². The zero-order valence-electron chi connectivity index (χ0n) is 26.1. The molecule has 0 saturated carbocycles. The minimum absolute atomic E-state index is 0.252. The number of rotatable bonds is 10. The number of anilines is 2. The Morgan fingerprint density at radius 2 is 1.36 bits per heavy atom. The molecule has 0 N–H and O–H groups in total. The molecule has 2 aromatic carbocycles. The van der Waals surface area contributed by atoms with Crippen molar-refractivity contribution in [2.75, 3.05) is 68.7 Å². The van der Waals surface area contributed by atoms with E-state index in [2.05, 4.69) is 37.3 Å². The number of hydrogen-bond donors (Lipinski definition) is 0. The van der Waals surface area contributed by atoms with E-state index in [0.717, 1.165) is 114 Å². The van der Waals surface area contributed by atoms with Crippen LogP contribution >= 0.6 is 46.4 Å². The molecule has 0 bridgehead atoms. The van der Waals surface area contributed by atoms with Crippen LogP contribution in [0.15, 0.2) is 42.6 Å². The Kier molecular flexibility index (Phi) is 10.9. The predicted octanol–water partition coefficient (Wildman–Crippen LogP) is 8.50. The summed E-state index contributed by atoms with van der Waals surface area (Å²) < 4.78 is 2.43.